The second kappa shape index (κ2) is 8.03. The number of hydrogen-bond acceptors (Lipinski definition) is 4. The number of anilines is 1. The van der Waals surface area contributed by atoms with E-state index in [0.717, 1.165) is 24.1 Å². The summed E-state index contributed by atoms with van der Waals surface area (Å²) < 4.78 is 36.5. The second-order valence-electron chi connectivity index (χ2n) is 7.14. The average molecular weight is 411 g/mol. The van der Waals surface area contributed by atoms with Gasteiger partial charge in [0, 0.05) is 23.7 Å². The van der Waals surface area contributed by atoms with Crippen molar-refractivity contribution in [1.29, 1.82) is 5.26 Å². The lowest BCUT2D eigenvalue weighted by Gasteiger charge is -2.12. The lowest BCUT2D eigenvalue weighted by atomic mass is 10.1. The molecule has 2 aromatic carbocycles. The van der Waals surface area contributed by atoms with Gasteiger partial charge in [-0.1, -0.05) is 12.1 Å². The maximum absolute atomic E-state index is 12.7. The minimum atomic E-state index is -2.92. The summed E-state index contributed by atoms with van der Waals surface area (Å²) in [5.41, 5.74) is 3.22. The molecule has 0 saturated heterocycles. The Bertz CT molecular complexity index is 1130. The van der Waals surface area contributed by atoms with Crippen molar-refractivity contribution in [2.24, 2.45) is 5.92 Å². The Hall–Kier alpha value is -3.60. The van der Waals surface area contributed by atoms with E-state index < -0.39 is 12.7 Å². The van der Waals surface area contributed by atoms with E-state index in [-0.39, 0.29) is 5.75 Å². The van der Waals surface area contributed by atoms with Crippen molar-refractivity contribution < 1.29 is 23.0 Å². The number of hydrogen-bond donors (Lipinski definition) is 1. The van der Waals surface area contributed by atoms with Gasteiger partial charge in [-0.3, -0.25) is 5.32 Å². The first-order valence-corrected chi connectivity index (χ1v) is 9.46. The molecular weight excluding hydrogens is 392 g/mol. The van der Waals surface area contributed by atoms with Crippen molar-refractivity contribution in [2.45, 2.75) is 26.0 Å². The summed E-state index contributed by atoms with van der Waals surface area (Å²) in [4.78, 5) is 11.4. The van der Waals surface area contributed by atoms with Crippen LogP contribution in [0.5, 0.6) is 5.75 Å². The number of alkyl halides is 2. The van der Waals surface area contributed by atoms with Crippen LogP contribution in [0.1, 0.15) is 18.4 Å². The van der Waals surface area contributed by atoms with Gasteiger partial charge in [0.15, 0.2) is 0 Å². The number of fused-ring (bicyclic) bond motifs is 1. The molecule has 1 fully saturated rings. The highest BCUT2D eigenvalue weighted by molar-refractivity contribution is 5.95. The van der Waals surface area contributed by atoms with Crippen molar-refractivity contribution in [3.63, 3.8) is 0 Å². The molecule has 4 rings (SSSR count). The van der Waals surface area contributed by atoms with Crippen molar-refractivity contribution in [2.75, 3.05) is 12.4 Å². The Labute approximate surface area is 171 Å². The van der Waals surface area contributed by atoms with Crippen LogP contribution in [0.3, 0.4) is 0 Å². The van der Waals surface area contributed by atoms with E-state index in [1.165, 1.54) is 13.2 Å². The number of rotatable bonds is 6. The highest BCUT2D eigenvalue weighted by atomic mass is 19.3. The topological polar surface area (TPSA) is 76.3 Å². The third kappa shape index (κ3) is 3.92. The molecule has 0 bridgehead atoms. The standard InChI is InChI=1S/C22H19F2N3O3/c1-29-22(28)26-15-6-4-14(5-7-15)20-18(11-25)17-9-8-16(30-21(23)24)10-19(17)27(20)12-13-2-3-13/h4-10,13,21H,2-3,12H2,1H3,(H,26,28). The number of amides is 1. The molecule has 1 saturated carbocycles. The lowest BCUT2D eigenvalue weighted by molar-refractivity contribution is -0.0497. The molecule has 0 spiro atoms. The fourth-order valence-electron chi connectivity index (χ4n) is 3.55. The van der Waals surface area contributed by atoms with Crippen LogP contribution in [-0.2, 0) is 11.3 Å². The molecule has 0 aliphatic heterocycles. The number of nitrogens with zero attached hydrogens (tertiary/aromatic N) is 2. The molecule has 1 aromatic heterocycles. The fourth-order valence-corrected chi connectivity index (χ4v) is 3.55. The fraction of sp³-hybridized carbons (Fsp3) is 0.273. The van der Waals surface area contributed by atoms with Crippen molar-refractivity contribution >= 4 is 22.7 Å². The third-order valence-corrected chi connectivity index (χ3v) is 5.10. The summed E-state index contributed by atoms with van der Waals surface area (Å²) in [6, 6.07) is 14.0. The summed E-state index contributed by atoms with van der Waals surface area (Å²) in [7, 11) is 1.28. The van der Waals surface area contributed by atoms with Gasteiger partial charge < -0.3 is 14.0 Å². The molecule has 6 nitrogen and oxygen atoms in total. The first-order chi connectivity index (χ1) is 14.5. The summed E-state index contributed by atoms with van der Waals surface area (Å²) in [5, 5.41) is 13.1. The number of halogens is 2. The molecular formula is C22H19F2N3O3. The molecule has 3 aromatic rings. The molecule has 1 aliphatic carbocycles. The van der Waals surface area contributed by atoms with Gasteiger partial charge in [0.25, 0.3) is 0 Å². The van der Waals surface area contributed by atoms with Crippen molar-refractivity contribution in [3.05, 3.63) is 48.0 Å². The zero-order valence-electron chi connectivity index (χ0n) is 16.2. The summed E-state index contributed by atoms with van der Waals surface area (Å²) in [5.74, 6) is 0.548. The zero-order chi connectivity index (χ0) is 21.3. The number of carbonyl (C=O) groups is 1. The van der Waals surface area contributed by atoms with Crippen LogP contribution in [-0.4, -0.2) is 24.4 Å². The Morgan fingerprint density at radius 2 is 2.00 bits per heavy atom. The van der Waals surface area contributed by atoms with Crippen molar-refractivity contribution in [3.8, 4) is 23.1 Å². The van der Waals surface area contributed by atoms with E-state index in [2.05, 4.69) is 20.9 Å². The summed E-state index contributed by atoms with van der Waals surface area (Å²) in [6.07, 6.45) is 1.61. The Morgan fingerprint density at radius 1 is 1.27 bits per heavy atom. The van der Waals surface area contributed by atoms with E-state index in [4.69, 9.17) is 0 Å². The molecule has 0 unspecified atom stereocenters. The van der Waals surface area contributed by atoms with Gasteiger partial charge >= 0.3 is 12.7 Å². The predicted octanol–water partition coefficient (Wildman–Crippen LogP) is 5.37. The average Bonchev–Trinajstić information content (AvgIpc) is 3.50. The molecule has 1 amide bonds. The van der Waals surface area contributed by atoms with Crippen LogP contribution in [0.25, 0.3) is 22.2 Å². The first kappa shape index (κ1) is 19.7. The van der Waals surface area contributed by atoms with Crippen molar-refractivity contribution in [1.82, 2.24) is 4.57 Å². The Morgan fingerprint density at radius 3 is 2.60 bits per heavy atom. The number of nitrogens with one attached hydrogen (secondary N) is 1. The largest absolute Gasteiger partial charge is 0.453 e. The summed E-state index contributed by atoms with van der Waals surface area (Å²) >= 11 is 0. The predicted molar refractivity (Wildman–Crippen MR) is 107 cm³/mol. The number of benzene rings is 2. The maximum Gasteiger partial charge on any atom is 0.411 e. The quantitative estimate of drug-likeness (QED) is 0.592. The van der Waals surface area contributed by atoms with Gasteiger partial charge in [-0.15, -0.1) is 0 Å². The van der Waals surface area contributed by atoms with E-state index >= 15 is 0 Å². The zero-order valence-corrected chi connectivity index (χ0v) is 16.2. The van der Waals surface area contributed by atoms with E-state index in [1.807, 2.05) is 4.57 Å². The van der Waals surface area contributed by atoms with Gasteiger partial charge in [-0.2, -0.15) is 14.0 Å². The lowest BCUT2D eigenvalue weighted by Crippen LogP contribution is -2.10. The monoisotopic (exact) mass is 411 g/mol. The van der Waals surface area contributed by atoms with E-state index in [9.17, 15) is 18.8 Å². The number of aromatic nitrogens is 1. The van der Waals surface area contributed by atoms with Gasteiger partial charge in [0.1, 0.15) is 11.8 Å². The number of carbonyl (C=O) groups excluding carboxylic acids is 1. The normalized spacial score (nSPS) is 13.3. The van der Waals surface area contributed by atoms with Gasteiger partial charge in [0.2, 0.25) is 0 Å². The molecule has 1 aliphatic rings. The maximum atomic E-state index is 12.7. The van der Waals surface area contributed by atoms with Crippen LogP contribution < -0.4 is 10.1 Å². The second-order valence-corrected chi connectivity index (χ2v) is 7.14. The van der Waals surface area contributed by atoms with Gasteiger partial charge in [0.05, 0.1) is 23.9 Å². The molecule has 0 atom stereocenters. The molecule has 30 heavy (non-hydrogen) atoms. The minimum Gasteiger partial charge on any atom is -0.453 e. The number of nitriles is 1. The highest BCUT2D eigenvalue weighted by Gasteiger charge is 2.27. The smallest absolute Gasteiger partial charge is 0.411 e. The SMILES string of the molecule is COC(=O)Nc1ccc(-c2c(C#N)c3ccc(OC(F)F)cc3n2CC2CC2)cc1. The molecule has 8 heteroatoms. The molecule has 154 valence electrons. The first-order valence-electron chi connectivity index (χ1n) is 9.46. The Balaban J connectivity index is 1.83. The third-order valence-electron chi connectivity index (χ3n) is 5.10. The van der Waals surface area contributed by atoms with Crippen LogP contribution >= 0.6 is 0 Å². The number of methoxy groups -OCH3 is 1. The molecule has 1 N–H and O–H groups in total. The number of ether oxygens (including phenoxy) is 2. The van der Waals surface area contributed by atoms with Crippen LogP contribution in [0, 0.1) is 17.2 Å². The highest BCUT2D eigenvalue weighted by Crippen LogP contribution is 2.39. The van der Waals surface area contributed by atoms with E-state index in [1.54, 1.807) is 36.4 Å². The molecule has 0 radical (unpaired) electrons. The summed E-state index contributed by atoms with van der Waals surface area (Å²) in [6.45, 7) is -2.23. The van der Waals surface area contributed by atoms with E-state index in [0.29, 0.717) is 34.6 Å². The van der Waals surface area contributed by atoms with Crippen LogP contribution in [0.4, 0.5) is 19.3 Å². The van der Waals surface area contributed by atoms with Gasteiger partial charge in [-0.05, 0) is 48.6 Å². The van der Waals surface area contributed by atoms with Gasteiger partial charge in [-0.25, -0.2) is 4.79 Å². The Kier molecular flexibility index (Phi) is 5.27. The van der Waals surface area contributed by atoms with Crippen LogP contribution in [0.2, 0.25) is 0 Å². The molecule has 1 heterocycles. The van der Waals surface area contributed by atoms with Crippen LogP contribution in [0.15, 0.2) is 42.5 Å². The minimum absolute atomic E-state index is 0.0562.